The molecule has 0 radical (unpaired) electrons. The normalized spacial score (nSPS) is 11.2. The maximum atomic E-state index is 11.4. The number of imidazole rings is 1. The van der Waals surface area contributed by atoms with Gasteiger partial charge in [0.25, 0.3) is 0 Å². The van der Waals surface area contributed by atoms with Crippen LogP contribution in [0.25, 0.3) is 11.0 Å². The number of aryl methyl sites for hydroxylation is 1. The first-order valence-electron chi connectivity index (χ1n) is 9.25. The van der Waals surface area contributed by atoms with Crippen LogP contribution in [0.2, 0.25) is 0 Å². The molecule has 1 N–H and O–H groups in total. The van der Waals surface area contributed by atoms with Gasteiger partial charge in [-0.2, -0.15) is 0 Å². The predicted molar refractivity (Wildman–Crippen MR) is 105 cm³/mol. The number of hydrogen-bond acceptors (Lipinski definition) is 3. The van der Waals surface area contributed by atoms with Crippen LogP contribution in [0.5, 0.6) is 5.75 Å². The van der Waals surface area contributed by atoms with E-state index in [-0.39, 0.29) is 5.78 Å². The lowest BCUT2D eigenvalue weighted by molar-refractivity contribution is 0.100. The molecule has 0 atom stereocenters. The van der Waals surface area contributed by atoms with Gasteiger partial charge in [-0.25, -0.2) is 4.98 Å². The first-order valence-corrected chi connectivity index (χ1v) is 9.25. The van der Waals surface area contributed by atoms with Gasteiger partial charge >= 0.3 is 0 Å². The first-order chi connectivity index (χ1) is 12.5. The van der Waals surface area contributed by atoms with Crippen LogP contribution in [0, 0.1) is 0 Å². The second kappa shape index (κ2) is 8.17. The number of unbranched alkanes of at least 4 members (excludes halogenated alkanes) is 1. The summed E-state index contributed by atoms with van der Waals surface area (Å²) in [4.78, 5) is 18.8. The number of nitrogens with zero attached hydrogens (tertiary/aromatic N) is 1. The van der Waals surface area contributed by atoms with Crippen LogP contribution in [0.3, 0.4) is 0 Å². The molecular formula is C22H26N2O2. The van der Waals surface area contributed by atoms with Crippen molar-refractivity contribution in [3.63, 3.8) is 0 Å². The number of nitrogens with one attached hydrogen (secondary N) is 1. The minimum atomic E-state index is -0.0403. The van der Waals surface area contributed by atoms with E-state index in [2.05, 4.69) is 54.1 Å². The number of hydrogen-bond donors (Lipinski definition) is 1. The van der Waals surface area contributed by atoms with Crippen LogP contribution in [0.4, 0.5) is 0 Å². The summed E-state index contributed by atoms with van der Waals surface area (Å²) >= 11 is 0. The maximum Gasteiger partial charge on any atom is 0.195 e. The van der Waals surface area contributed by atoms with Crippen LogP contribution in [-0.4, -0.2) is 22.4 Å². The fraction of sp³-hybridized carbons (Fsp3) is 0.364. The average molecular weight is 350 g/mol. The largest absolute Gasteiger partial charge is 0.494 e. The summed E-state index contributed by atoms with van der Waals surface area (Å²) in [5.74, 6) is 1.85. The van der Waals surface area contributed by atoms with Crippen molar-refractivity contribution in [2.75, 3.05) is 6.61 Å². The van der Waals surface area contributed by atoms with Gasteiger partial charge in [0.05, 0.1) is 17.6 Å². The van der Waals surface area contributed by atoms with Crippen molar-refractivity contribution in [1.82, 2.24) is 9.97 Å². The van der Waals surface area contributed by atoms with Gasteiger partial charge in [0.1, 0.15) is 5.75 Å². The van der Waals surface area contributed by atoms with E-state index < -0.39 is 0 Å². The molecule has 0 bridgehead atoms. The number of carbonyl (C=O) groups excluding carboxylic acids is 1. The van der Waals surface area contributed by atoms with Crippen LogP contribution in [0.1, 0.15) is 61.3 Å². The summed E-state index contributed by atoms with van der Waals surface area (Å²) in [5, 5.41) is 0. The molecule has 0 aliphatic rings. The third kappa shape index (κ3) is 4.51. The van der Waals surface area contributed by atoms with E-state index in [9.17, 15) is 4.79 Å². The molecule has 1 heterocycles. The molecule has 0 aliphatic carbocycles. The fourth-order valence-electron chi connectivity index (χ4n) is 2.96. The number of aromatic nitrogens is 2. The molecule has 0 unspecified atom stereocenters. The molecule has 3 aromatic rings. The second-order valence-electron chi connectivity index (χ2n) is 7.03. The molecule has 0 saturated heterocycles. The average Bonchev–Trinajstić information content (AvgIpc) is 3.05. The number of rotatable bonds is 8. The molecule has 1 aromatic heterocycles. The van der Waals surface area contributed by atoms with E-state index in [0.29, 0.717) is 11.7 Å². The minimum absolute atomic E-state index is 0.0403. The lowest BCUT2D eigenvalue weighted by atomic mass is 10.0. The van der Waals surface area contributed by atoms with E-state index in [1.54, 1.807) is 0 Å². The van der Waals surface area contributed by atoms with Crippen molar-refractivity contribution in [3.8, 4) is 5.75 Å². The number of Topliss-reactive ketones (excluding diaryl/α,β-unsaturated/α-hetero) is 1. The number of H-pyrrole nitrogens is 1. The molecule has 26 heavy (non-hydrogen) atoms. The highest BCUT2D eigenvalue weighted by molar-refractivity contribution is 5.94. The quantitative estimate of drug-likeness (QED) is 0.443. The second-order valence-corrected chi connectivity index (χ2v) is 7.03. The van der Waals surface area contributed by atoms with Gasteiger partial charge in [0.15, 0.2) is 11.6 Å². The molecule has 3 rings (SSSR count). The van der Waals surface area contributed by atoms with E-state index in [1.807, 2.05) is 12.1 Å². The summed E-state index contributed by atoms with van der Waals surface area (Å²) in [6.07, 6.45) is 3.05. The number of carbonyl (C=O) groups is 1. The highest BCUT2D eigenvalue weighted by Gasteiger charge is 2.07. The topological polar surface area (TPSA) is 55.0 Å². The Morgan fingerprint density at radius 2 is 2.00 bits per heavy atom. The lowest BCUT2D eigenvalue weighted by Crippen LogP contribution is -1.99. The summed E-state index contributed by atoms with van der Waals surface area (Å²) < 4.78 is 5.88. The first kappa shape index (κ1) is 18.2. The molecule has 2 aromatic carbocycles. The summed E-state index contributed by atoms with van der Waals surface area (Å²) in [5.41, 5.74) is 4.32. The Hall–Kier alpha value is -2.62. The van der Waals surface area contributed by atoms with Crippen molar-refractivity contribution in [3.05, 3.63) is 59.4 Å². The SMILES string of the molecule is CC(=O)c1nc2ccc(CCCCOc3cccc(C(C)C)c3)cc2[nH]1. The molecule has 0 saturated carbocycles. The third-order valence-electron chi connectivity index (χ3n) is 4.53. The number of ketones is 1. The molecule has 0 fully saturated rings. The number of fused-ring (bicyclic) bond motifs is 1. The van der Waals surface area contributed by atoms with E-state index in [1.165, 1.54) is 18.1 Å². The van der Waals surface area contributed by atoms with Gasteiger partial charge in [0, 0.05) is 6.92 Å². The van der Waals surface area contributed by atoms with Crippen molar-refractivity contribution in [2.45, 2.75) is 46.0 Å². The zero-order chi connectivity index (χ0) is 18.5. The maximum absolute atomic E-state index is 11.4. The van der Waals surface area contributed by atoms with Crippen molar-refractivity contribution >= 4 is 16.8 Å². The smallest absolute Gasteiger partial charge is 0.195 e. The Morgan fingerprint density at radius 1 is 1.15 bits per heavy atom. The Bertz CT molecular complexity index is 896. The van der Waals surface area contributed by atoms with Gasteiger partial charge in [-0.1, -0.05) is 32.0 Å². The Morgan fingerprint density at radius 3 is 2.77 bits per heavy atom. The van der Waals surface area contributed by atoms with Gasteiger partial charge in [-0.3, -0.25) is 4.79 Å². The summed E-state index contributed by atoms with van der Waals surface area (Å²) in [6, 6.07) is 14.5. The van der Waals surface area contributed by atoms with Crippen LogP contribution in [0.15, 0.2) is 42.5 Å². The van der Waals surface area contributed by atoms with E-state index >= 15 is 0 Å². The van der Waals surface area contributed by atoms with Gasteiger partial charge in [-0.05, 0) is 60.6 Å². The highest BCUT2D eigenvalue weighted by Crippen LogP contribution is 2.20. The number of ether oxygens (including phenoxy) is 1. The Labute approximate surface area is 154 Å². The molecule has 0 amide bonds. The van der Waals surface area contributed by atoms with Gasteiger partial charge in [-0.15, -0.1) is 0 Å². The van der Waals surface area contributed by atoms with E-state index in [0.717, 1.165) is 42.7 Å². The predicted octanol–water partition coefficient (Wildman–Crippen LogP) is 5.29. The molecule has 0 spiro atoms. The number of benzene rings is 2. The zero-order valence-corrected chi connectivity index (χ0v) is 15.7. The Balaban J connectivity index is 1.48. The van der Waals surface area contributed by atoms with Gasteiger partial charge in [0.2, 0.25) is 0 Å². The molecule has 136 valence electrons. The standard InChI is InChI=1S/C22H26N2O2/c1-15(2)18-8-6-9-19(14-18)26-12-5-4-7-17-10-11-20-21(13-17)24-22(23-20)16(3)25/h6,8-11,13-15H,4-5,7,12H2,1-3H3,(H,23,24). The monoisotopic (exact) mass is 350 g/mol. The third-order valence-corrected chi connectivity index (χ3v) is 4.53. The van der Waals surface area contributed by atoms with Crippen LogP contribution in [-0.2, 0) is 6.42 Å². The summed E-state index contributed by atoms with van der Waals surface area (Å²) in [7, 11) is 0. The molecule has 4 heteroatoms. The number of aromatic amines is 1. The van der Waals surface area contributed by atoms with Gasteiger partial charge < -0.3 is 9.72 Å². The zero-order valence-electron chi connectivity index (χ0n) is 15.7. The Kier molecular flexibility index (Phi) is 5.71. The van der Waals surface area contributed by atoms with Crippen molar-refractivity contribution < 1.29 is 9.53 Å². The lowest BCUT2D eigenvalue weighted by Gasteiger charge is -2.10. The molecule has 0 aliphatic heterocycles. The molecule has 4 nitrogen and oxygen atoms in total. The van der Waals surface area contributed by atoms with Crippen LogP contribution >= 0.6 is 0 Å². The van der Waals surface area contributed by atoms with E-state index in [4.69, 9.17) is 4.74 Å². The van der Waals surface area contributed by atoms with Crippen LogP contribution < -0.4 is 4.74 Å². The molecular weight excluding hydrogens is 324 g/mol. The summed E-state index contributed by atoms with van der Waals surface area (Å²) in [6.45, 7) is 6.63. The minimum Gasteiger partial charge on any atom is -0.494 e. The van der Waals surface area contributed by atoms with Crippen molar-refractivity contribution in [1.29, 1.82) is 0 Å². The van der Waals surface area contributed by atoms with Crippen molar-refractivity contribution in [2.24, 2.45) is 0 Å². The highest BCUT2D eigenvalue weighted by atomic mass is 16.5. The fourth-order valence-corrected chi connectivity index (χ4v) is 2.96.